The number of rotatable bonds is 6. The van der Waals surface area contributed by atoms with Crippen LogP contribution in [0.5, 0.6) is 5.75 Å². The van der Waals surface area contributed by atoms with Crippen LogP contribution >= 0.6 is 0 Å². The van der Waals surface area contributed by atoms with Crippen molar-refractivity contribution in [2.75, 3.05) is 12.4 Å². The molecule has 23 heavy (non-hydrogen) atoms. The normalized spacial score (nSPS) is 10.2. The number of benzene rings is 2. The summed E-state index contributed by atoms with van der Waals surface area (Å²) in [6.07, 6.45) is 1.13. The highest BCUT2D eigenvalue weighted by atomic mass is 16.6. The summed E-state index contributed by atoms with van der Waals surface area (Å²) in [7, 11) is 1.44. The molecule has 1 amide bonds. The molecule has 0 aliphatic carbocycles. The van der Waals surface area contributed by atoms with Crippen LogP contribution in [0.2, 0.25) is 0 Å². The highest BCUT2D eigenvalue weighted by molar-refractivity contribution is 5.94. The maximum atomic E-state index is 12.1. The molecule has 0 saturated carbocycles. The summed E-state index contributed by atoms with van der Waals surface area (Å²) >= 11 is 0. The number of hydrogen-bond donors (Lipinski definition) is 1. The number of amides is 1. The molecule has 0 atom stereocenters. The van der Waals surface area contributed by atoms with Gasteiger partial charge in [0.25, 0.3) is 5.69 Å². The largest absolute Gasteiger partial charge is 0.495 e. The third kappa shape index (κ3) is 4.29. The molecule has 120 valence electrons. The smallest absolute Gasteiger partial charge is 0.271 e. The third-order valence-electron chi connectivity index (χ3n) is 3.46. The molecule has 0 saturated heterocycles. The van der Waals surface area contributed by atoms with E-state index in [1.807, 2.05) is 24.3 Å². The lowest BCUT2D eigenvalue weighted by Gasteiger charge is -2.10. The summed E-state index contributed by atoms with van der Waals surface area (Å²) in [6, 6.07) is 11.9. The van der Waals surface area contributed by atoms with Gasteiger partial charge in [0.2, 0.25) is 5.91 Å². The summed E-state index contributed by atoms with van der Waals surface area (Å²) < 4.78 is 5.12. The molecule has 0 aromatic heterocycles. The van der Waals surface area contributed by atoms with E-state index in [9.17, 15) is 14.9 Å². The van der Waals surface area contributed by atoms with Gasteiger partial charge in [0, 0.05) is 12.1 Å². The van der Waals surface area contributed by atoms with Crippen LogP contribution in [0.25, 0.3) is 0 Å². The fourth-order valence-corrected chi connectivity index (χ4v) is 2.18. The SMILES string of the molecule is CCc1ccc(CC(=O)Nc2cc([N+](=O)[O-])ccc2OC)cc1. The van der Waals surface area contributed by atoms with Gasteiger partial charge in [-0.15, -0.1) is 0 Å². The average molecular weight is 314 g/mol. The molecule has 0 radical (unpaired) electrons. The molecule has 0 heterocycles. The maximum absolute atomic E-state index is 12.1. The summed E-state index contributed by atoms with van der Waals surface area (Å²) in [6.45, 7) is 2.07. The molecular formula is C17H18N2O4. The van der Waals surface area contributed by atoms with Gasteiger partial charge in [-0.1, -0.05) is 31.2 Å². The molecule has 1 N–H and O–H groups in total. The molecule has 0 bridgehead atoms. The number of methoxy groups -OCH3 is 1. The van der Waals surface area contributed by atoms with Crippen LogP contribution in [0.3, 0.4) is 0 Å². The lowest BCUT2D eigenvalue weighted by atomic mass is 10.1. The molecule has 6 nitrogen and oxygen atoms in total. The van der Waals surface area contributed by atoms with E-state index in [-0.39, 0.29) is 23.7 Å². The highest BCUT2D eigenvalue weighted by Crippen LogP contribution is 2.28. The summed E-state index contributed by atoms with van der Waals surface area (Å²) in [5.41, 5.74) is 2.27. The Morgan fingerprint density at radius 1 is 1.17 bits per heavy atom. The van der Waals surface area contributed by atoms with Crippen molar-refractivity contribution in [3.05, 3.63) is 63.7 Å². The number of hydrogen-bond acceptors (Lipinski definition) is 4. The quantitative estimate of drug-likeness (QED) is 0.655. The molecule has 0 unspecified atom stereocenters. The minimum absolute atomic E-state index is 0.103. The molecule has 0 spiro atoms. The van der Waals surface area contributed by atoms with Gasteiger partial charge in [0.05, 0.1) is 24.1 Å². The second kappa shape index (κ2) is 7.40. The van der Waals surface area contributed by atoms with E-state index >= 15 is 0 Å². The molecule has 6 heteroatoms. The molecule has 0 aliphatic heterocycles. The predicted octanol–water partition coefficient (Wildman–Crippen LogP) is 3.35. The Kier molecular flexibility index (Phi) is 5.30. The van der Waals surface area contributed by atoms with Crippen molar-refractivity contribution >= 4 is 17.3 Å². The van der Waals surface area contributed by atoms with Crippen LogP contribution in [0.4, 0.5) is 11.4 Å². The first-order valence-electron chi connectivity index (χ1n) is 7.23. The fraction of sp³-hybridized carbons (Fsp3) is 0.235. The molecule has 2 aromatic carbocycles. The zero-order valence-electron chi connectivity index (χ0n) is 13.0. The number of aryl methyl sites for hydroxylation is 1. The Bertz CT molecular complexity index is 711. The van der Waals surface area contributed by atoms with Crippen molar-refractivity contribution in [3.8, 4) is 5.75 Å². The number of anilines is 1. The van der Waals surface area contributed by atoms with Gasteiger partial charge in [-0.2, -0.15) is 0 Å². The average Bonchev–Trinajstić information content (AvgIpc) is 2.55. The molecule has 2 rings (SSSR count). The van der Waals surface area contributed by atoms with E-state index in [4.69, 9.17) is 4.74 Å². The van der Waals surface area contributed by atoms with Gasteiger partial charge < -0.3 is 10.1 Å². The van der Waals surface area contributed by atoms with Crippen molar-refractivity contribution in [1.82, 2.24) is 0 Å². The lowest BCUT2D eigenvalue weighted by molar-refractivity contribution is -0.384. The standard InChI is InChI=1S/C17H18N2O4/c1-3-12-4-6-13(7-5-12)10-17(20)18-15-11-14(19(21)22)8-9-16(15)23-2/h4-9,11H,3,10H2,1-2H3,(H,18,20). The summed E-state index contributed by atoms with van der Waals surface area (Å²) in [4.78, 5) is 22.5. The van der Waals surface area contributed by atoms with Gasteiger partial charge in [0.1, 0.15) is 5.75 Å². The van der Waals surface area contributed by atoms with Gasteiger partial charge in [0.15, 0.2) is 0 Å². The predicted molar refractivity (Wildman–Crippen MR) is 87.8 cm³/mol. The third-order valence-corrected chi connectivity index (χ3v) is 3.46. The Morgan fingerprint density at radius 3 is 2.39 bits per heavy atom. The zero-order valence-corrected chi connectivity index (χ0v) is 13.0. The van der Waals surface area contributed by atoms with Gasteiger partial charge in [-0.25, -0.2) is 0 Å². The van der Waals surface area contributed by atoms with E-state index in [0.29, 0.717) is 5.75 Å². The second-order valence-corrected chi connectivity index (χ2v) is 5.04. The number of carbonyl (C=O) groups excluding carboxylic acids is 1. The lowest BCUT2D eigenvalue weighted by Crippen LogP contribution is -2.15. The molecular weight excluding hydrogens is 296 g/mol. The maximum Gasteiger partial charge on any atom is 0.271 e. The van der Waals surface area contributed by atoms with E-state index in [1.165, 1.54) is 30.9 Å². The Labute approximate surface area is 134 Å². The van der Waals surface area contributed by atoms with Crippen molar-refractivity contribution < 1.29 is 14.5 Å². The first-order valence-corrected chi connectivity index (χ1v) is 7.23. The second-order valence-electron chi connectivity index (χ2n) is 5.04. The topological polar surface area (TPSA) is 81.5 Å². The first-order chi connectivity index (χ1) is 11.0. The van der Waals surface area contributed by atoms with Crippen LogP contribution in [0.1, 0.15) is 18.1 Å². The van der Waals surface area contributed by atoms with Crippen molar-refractivity contribution in [1.29, 1.82) is 0 Å². The van der Waals surface area contributed by atoms with Gasteiger partial charge >= 0.3 is 0 Å². The van der Waals surface area contributed by atoms with Gasteiger partial charge in [-0.3, -0.25) is 14.9 Å². The Morgan fingerprint density at radius 2 is 1.83 bits per heavy atom. The van der Waals surface area contributed by atoms with Crippen LogP contribution in [0.15, 0.2) is 42.5 Å². The Balaban J connectivity index is 2.12. The monoisotopic (exact) mass is 314 g/mol. The molecule has 0 aliphatic rings. The number of nitrogens with one attached hydrogen (secondary N) is 1. The molecule has 0 fully saturated rings. The summed E-state index contributed by atoms with van der Waals surface area (Å²) in [5, 5.41) is 13.5. The number of ether oxygens (including phenoxy) is 1. The Hall–Kier alpha value is -2.89. The van der Waals surface area contributed by atoms with Crippen LogP contribution in [0, 0.1) is 10.1 Å². The number of nitrogens with zero attached hydrogens (tertiary/aromatic N) is 1. The zero-order chi connectivity index (χ0) is 16.8. The number of nitro groups is 1. The fourth-order valence-electron chi connectivity index (χ4n) is 2.18. The number of nitro benzene ring substituents is 1. The van der Waals surface area contributed by atoms with Crippen LogP contribution in [-0.2, 0) is 17.6 Å². The minimum Gasteiger partial charge on any atom is -0.495 e. The van der Waals surface area contributed by atoms with Crippen LogP contribution < -0.4 is 10.1 Å². The highest BCUT2D eigenvalue weighted by Gasteiger charge is 2.14. The van der Waals surface area contributed by atoms with Gasteiger partial charge in [-0.05, 0) is 23.6 Å². The van der Waals surface area contributed by atoms with E-state index < -0.39 is 4.92 Å². The summed E-state index contributed by atoms with van der Waals surface area (Å²) in [5.74, 6) is 0.123. The van der Waals surface area contributed by atoms with E-state index in [2.05, 4.69) is 12.2 Å². The van der Waals surface area contributed by atoms with Crippen molar-refractivity contribution in [2.45, 2.75) is 19.8 Å². The van der Waals surface area contributed by atoms with E-state index in [0.717, 1.165) is 12.0 Å². The number of non-ortho nitro benzene ring substituents is 1. The van der Waals surface area contributed by atoms with Crippen LogP contribution in [-0.4, -0.2) is 17.9 Å². The van der Waals surface area contributed by atoms with Crippen molar-refractivity contribution in [2.24, 2.45) is 0 Å². The first kappa shape index (κ1) is 16.5. The minimum atomic E-state index is -0.515. The number of carbonyl (C=O) groups is 1. The molecule has 2 aromatic rings. The van der Waals surface area contributed by atoms with E-state index in [1.54, 1.807) is 0 Å². The van der Waals surface area contributed by atoms with Crippen molar-refractivity contribution in [3.63, 3.8) is 0 Å².